The molecule has 6 nitrogen and oxygen atoms in total. The lowest BCUT2D eigenvalue weighted by Gasteiger charge is -2.08. The lowest BCUT2D eigenvalue weighted by molar-refractivity contribution is 0.148. The van der Waals surface area contributed by atoms with Crippen molar-refractivity contribution in [2.45, 2.75) is 6.43 Å². The second-order valence-corrected chi connectivity index (χ2v) is 6.48. The molecule has 4 rings (SSSR count). The van der Waals surface area contributed by atoms with Crippen molar-refractivity contribution in [2.24, 2.45) is 0 Å². The highest BCUT2D eigenvalue weighted by molar-refractivity contribution is 5.90. The summed E-state index contributed by atoms with van der Waals surface area (Å²) in [4.78, 5) is 16.2. The summed E-state index contributed by atoms with van der Waals surface area (Å²) in [6.07, 6.45) is 2.49. The highest BCUT2D eigenvalue weighted by Gasteiger charge is 2.11. The number of nitrogens with one attached hydrogen (secondary N) is 2. The number of aromatic nitrogens is 3. The van der Waals surface area contributed by atoms with E-state index in [1.54, 1.807) is 53.4 Å². The molecule has 0 bridgehead atoms. The maximum absolute atomic E-state index is 13.1. The number of nitrogens with zero attached hydrogens (tertiary/aromatic N) is 3. The summed E-state index contributed by atoms with van der Waals surface area (Å²) in [5, 5.41) is 8.94. The van der Waals surface area contributed by atoms with Crippen molar-refractivity contribution in [3.05, 3.63) is 72.9 Å². The summed E-state index contributed by atoms with van der Waals surface area (Å²) in [7, 11) is 0. The Morgan fingerprint density at radius 1 is 1.03 bits per heavy atom. The molecule has 0 spiro atoms. The van der Waals surface area contributed by atoms with Gasteiger partial charge in [0, 0.05) is 29.2 Å². The third-order valence-electron chi connectivity index (χ3n) is 4.38. The molecule has 2 aromatic heterocycles. The molecular formula is C21H16F3N5O. The Labute approximate surface area is 169 Å². The van der Waals surface area contributed by atoms with Gasteiger partial charge in [0.05, 0.1) is 12.7 Å². The molecule has 152 valence electrons. The van der Waals surface area contributed by atoms with Crippen LogP contribution in [-0.2, 0) is 0 Å². The van der Waals surface area contributed by atoms with Gasteiger partial charge >= 0.3 is 6.03 Å². The second kappa shape index (κ2) is 8.24. The first-order chi connectivity index (χ1) is 14.5. The zero-order chi connectivity index (χ0) is 21.1. The lowest BCUT2D eigenvalue weighted by atomic mass is 10.1. The molecule has 30 heavy (non-hydrogen) atoms. The molecule has 2 amide bonds. The SMILES string of the molecule is O=C(NCC(F)F)Nc1cccc(-c2cnn3cc(-c4ccc(F)cc4)cnc23)c1. The first kappa shape index (κ1) is 19.4. The highest BCUT2D eigenvalue weighted by Crippen LogP contribution is 2.27. The Balaban J connectivity index is 1.59. The number of benzene rings is 2. The molecule has 0 aliphatic carbocycles. The van der Waals surface area contributed by atoms with Gasteiger partial charge in [-0.05, 0) is 35.4 Å². The van der Waals surface area contributed by atoms with Gasteiger partial charge in [0.1, 0.15) is 5.82 Å². The van der Waals surface area contributed by atoms with Crippen LogP contribution in [-0.4, -0.2) is 33.6 Å². The van der Waals surface area contributed by atoms with E-state index in [0.29, 0.717) is 11.3 Å². The first-order valence-electron chi connectivity index (χ1n) is 9.02. The fourth-order valence-electron chi connectivity index (χ4n) is 2.98. The quantitative estimate of drug-likeness (QED) is 0.505. The number of fused-ring (bicyclic) bond motifs is 1. The van der Waals surface area contributed by atoms with Crippen LogP contribution in [0.25, 0.3) is 27.9 Å². The van der Waals surface area contributed by atoms with Gasteiger partial charge in [0.15, 0.2) is 5.65 Å². The lowest BCUT2D eigenvalue weighted by Crippen LogP contribution is -2.32. The van der Waals surface area contributed by atoms with Gasteiger partial charge in [-0.2, -0.15) is 5.10 Å². The van der Waals surface area contributed by atoms with E-state index in [2.05, 4.69) is 20.7 Å². The average molecular weight is 411 g/mol. The van der Waals surface area contributed by atoms with Crippen molar-refractivity contribution >= 4 is 17.4 Å². The van der Waals surface area contributed by atoms with Crippen LogP contribution in [0.4, 0.5) is 23.7 Å². The summed E-state index contributed by atoms with van der Waals surface area (Å²) in [6.45, 7) is -0.722. The predicted octanol–water partition coefficient (Wildman–Crippen LogP) is 4.59. The Morgan fingerprint density at radius 2 is 1.83 bits per heavy atom. The number of urea groups is 1. The van der Waals surface area contributed by atoms with E-state index in [-0.39, 0.29) is 5.82 Å². The van der Waals surface area contributed by atoms with Gasteiger partial charge in [-0.15, -0.1) is 0 Å². The molecule has 0 saturated carbocycles. The number of halogens is 3. The minimum atomic E-state index is -2.62. The number of alkyl halides is 2. The van der Waals surface area contributed by atoms with Gasteiger partial charge in [0.25, 0.3) is 6.43 Å². The topological polar surface area (TPSA) is 71.3 Å². The highest BCUT2D eigenvalue weighted by atomic mass is 19.3. The molecule has 0 aliphatic rings. The smallest absolute Gasteiger partial charge is 0.319 e. The van der Waals surface area contributed by atoms with Crippen LogP contribution >= 0.6 is 0 Å². The van der Waals surface area contributed by atoms with E-state index < -0.39 is 19.0 Å². The Hall–Kier alpha value is -3.88. The van der Waals surface area contributed by atoms with Gasteiger partial charge in [-0.3, -0.25) is 0 Å². The number of hydrogen-bond donors (Lipinski definition) is 2. The van der Waals surface area contributed by atoms with Crippen LogP contribution in [0.2, 0.25) is 0 Å². The van der Waals surface area contributed by atoms with Crippen LogP contribution in [0.5, 0.6) is 0 Å². The number of hydrogen-bond acceptors (Lipinski definition) is 3. The van der Waals surface area contributed by atoms with Crippen molar-refractivity contribution in [2.75, 3.05) is 11.9 Å². The largest absolute Gasteiger partial charge is 0.332 e. The number of anilines is 1. The molecule has 0 fully saturated rings. The molecular weight excluding hydrogens is 395 g/mol. The number of rotatable bonds is 5. The molecule has 2 heterocycles. The van der Waals surface area contributed by atoms with Gasteiger partial charge in [0.2, 0.25) is 0 Å². The fourth-order valence-corrected chi connectivity index (χ4v) is 2.98. The first-order valence-corrected chi connectivity index (χ1v) is 9.02. The second-order valence-electron chi connectivity index (χ2n) is 6.48. The van der Waals surface area contributed by atoms with E-state index in [4.69, 9.17) is 0 Å². The third kappa shape index (κ3) is 4.24. The third-order valence-corrected chi connectivity index (χ3v) is 4.38. The van der Waals surface area contributed by atoms with E-state index in [1.807, 2.05) is 6.07 Å². The van der Waals surface area contributed by atoms with Crippen LogP contribution < -0.4 is 10.6 Å². The molecule has 2 N–H and O–H groups in total. The minimum absolute atomic E-state index is 0.314. The standard InChI is InChI=1S/C21H16F3N5O/c22-16-6-4-13(5-7-16)15-9-25-20-18(10-27-29(20)12-15)14-2-1-3-17(8-14)28-21(30)26-11-19(23)24/h1-10,12,19H,11H2,(H2,26,28,30). The molecule has 0 saturated heterocycles. The van der Waals surface area contributed by atoms with Crippen LogP contribution in [0.1, 0.15) is 0 Å². The molecule has 0 aliphatic heterocycles. The molecule has 0 radical (unpaired) electrons. The van der Waals surface area contributed by atoms with Gasteiger partial charge in [-0.25, -0.2) is 27.5 Å². The summed E-state index contributed by atoms with van der Waals surface area (Å²) < 4.78 is 39.2. The van der Waals surface area contributed by atoms with Gasteiger partial charge in [-0.1, -0.05) is 24.3 Å². The predicted molar refractivity (Wildman–Crippen MR) is 107 cm³/mol. The van der Waals surface area contributed by atoms with Crippen LogP contribution in [0.3, 0.4) is 0 Å². The minimum Gasteiger partial charge on any atom is -0.332 e. The summed E-state index contributed by atoms with van der Waals surface area (Å²) in [5.41, 5.74) is 4.12. The monoisotopic (exact) mass is 411 g/mol. The van der Waals surface area contributed by atoms with E-state index in [9.17, 15) is 18.0 Å². The molecule has 9 heteroatoms. The number of carbonyl (C=O) groups is 1. The normalized spacial score (nSPS) is 11.1. The maximum Gasteiger partial charge on any atom is 0.319 e. The fraction of sp³-hybridized carbons (Fsp3) is 0.0952. The molecule has 0 unspecified atom stereocenters. The molecule has 4 aromatic rings. The Kier molecular flexibility index (Phi) is 5.34. The number of carbonyl (C=O) groups excluding carboxylic acids is 1. The molecule has 2 aromatic carbocycles. The summed E-state index contributed by atoms with van der Waals surface area (Å²) in [6, 6.07) is 12.3. The van der Waals surface area contributed by atoms with Crippen molar-refractivity contribution in [3.8, 4) is 22.3 Å². The van der Waals surface area contributed by atoms with Gasteiger partial charge < -0.3 is 10.6 Å². The van der Waals surface area contributed by atoms with Crippen molar-refractivity contribution in [1.29, 1.82) is 0 Å². The zero-order valence-corrected chi connectivity index (χ0v) is 15.5. The molecule has 0 atom stereocenters. The average Bonchev–Trinajstić information content (AvgIpc) is 3.16. The van der Waals surface area contributed by atoms with Crippen molar-refractivity contribution in [1.82, 2.24) is 19.9 Å². The van der Waals surface area contributed by atoms with Crippen molar-refractivity contribution in [3.63, 3.8) is 0 Å². The Morgan fingerprint density at radius 3 is 2.60 bits per heavy atom. The van der Waals surface area contributed by atoms with E-state index in [1.165, 1.54) is 12.1 Å². The Bertz CT molecular complexity index is 1190. The van der Waals surface area contributed by atoms with Crippen molar-refractivity contribution < 1.29 is 18.0 Å². The zero-order valence-electron chi connectivity index (χ0n) is 15.5. The van der Waals surface area contributed by atoms with E-state index in [0.717, 1.165) is 22.3 Å². The van der Waals surface area contributed by atoms with Crippen LogP contribution in [0, 0.1) is 5.82 Å². The van der Waals surface area contributed by atoms with Crippen LogP contribution in [0.15, 0.2) is 67.1 Å². The maximum atomic E-state index is 13.1. The number of amides is 2. The summed E-state index contributed by atoms with van der Waals surface area (Å²) in [5.74, 6) is -0.314. The van der Waals surface area contributed by atoms with E-state index >= 15 is 0 Å². The summed E-state index contributed by atoms with van der Waals surface area (Å²) >= 11 is 0.